The van der Waals surface area contributed by atoms with Gasteiger partial charge in [0.1, 0.15) is 0 Å². The maximum Gasteiger partial charge on any atom is 0.0645 e. The summed E-state index contributed by atoms with van der Waals surface area (Å²) in [6.07, 6.45) is 10.7. The van der Waals surface area contributed by atoms with Gasteiger partial charge in [-0.05, 0) is 6.42 Å². The number of hydrogen-bond acceptors (Lipinski definition) is 0. The van der Waals surface area contributed by atoms with Gasteiger partial charge in [-0.3, -0.25) is 0 Å². The average Bonchev–Trinajstić information content (AvgIpc) is 2.16. The number of hydrogen-bond donors (Lipinski definition) is 0. The molecular formula is C12H21Br. The number of rotatable bonds is 7. The fourth-order valence-corrected chi connectivity index (χ4v) is 1.50. The van der Waals surface area contributed by atoms with Crippen molar-refractivity contribution >= 4 is 15.9 Å². The molecule has 0 spiro atoms. The van der Waals surface area contributed by atoms with E-state index < -0.39 is 0 Å². The van der Waals surface area contributed by atoms with Crippen molar-refractivity contribution in [3.8, 4) is 11.8 Å². The lowest BCUT2D eigenvalue weighted by Crippen LogP contribution is -1.79. The van der Waals surface area contributed by atoms with Crippen LogP contribution in [0.15, 0.2) is 0 Å². The molecule has 0 aliphatic carbocycles. The first kappa shape index (κ1) is 13.0. The topological polar surface area (TPSA) is 0 Å². The third kappa shape index (κ3) is 12.0. The molecule has 0 aromatic heterocycles. The van der Waals surface area contributed by atoms with Gasteiger partial charge < -0.3 is 0 Å². The molecule has 13 heavy (non-hydrogen) atoms. The molecular weight excluding hydrogens is 224 g/mol. The zero-order chi connectivity index (χ0) is 9.78. The van der Waals surface area contributed by atoms with Crippen LogP contribution in [0.4, 0.5) is 0 Å². The highest BCUT2D eigenvalue weighted by Gasteiger charge is 1.88. The van der Waals surface area contributed by atoms with E-state index in [9.17, 15) is 0 Å². The molecule has 0 atom stereocenters. The first-order valence-electron chi connectivity index (χ1n) is 5.43. The van der Waals surface area contributed by atoms with E-state index in [1.165, 1.54) is 44.9 Å². The van der Waals surface area contributed by atoms with Gasteiger partial charge in [-0.15, -0.1) is 5.92 Å². The Kier molecular flexibility index (Phi) is 12.1. The van der Waals surface area contributed by atoms with Gasteiger partial charge in [0.25, 0.3) is 0 Å². The van der Waals surface area contributed by atoms with Gasteiger partial charge in [0.15, 0.2) is 0 Å². The van der Waals surface area contributed by atoms with Crippen molar-refractivity contribution in [2.75, 3.05) is 5.33 Å². The molecule has 0 saturated heterocycles. The molecule has 0 nitrogen and oxygen atoms in total. The Hall–Kier alpha value is 0.0400. The average molecular weight is 245 g/mol. The molecule has 0 heterocycles. The minimum absolute atomic E-state index is 0.823. The summed E-state index contributed by atoms with van der Waals surface area (Å²) in [7, 11) is 0. The van der Waals surface area contributed by atoms with E-state index >= 15 is 0 Å². The predicted octanol–water partition coefficient (Wildman–Crippen LogP) is 4.53. The molecule has 76 valence electrons. The molecule has 0 unspecified atom stereocenters. The molecule has 0 amide bonds. The summed E-state index contributed by atoms with van der Waals surface area (Å²) >= 11 is 3.29. The van der Waals surface area contributed by atoms with Crippen LogP contribution in [-0.2, 0) is 0 Å². The minimum atomic E-state index is 0.823. The van der Waals surface area contributed by atoms with Crippen LogP contribution < -0.4 is 0 Å². The second-order valence-electron chi connectivity index (χ2n) is 3.36. The number of halogens is 1. The van der Waals surface area contributed by atoms with Crippen LogP contribution in [0.5, 0.6) is 0 Å². The van der Waals surface area contributed by atoms with E-state index in [0.29, 0.717) is 0 Å². The molecule has 0 rings (SSSR count). The standard InChI is InChI=1S/C12H21Br/c1-2-3-4-5-6-7-8-9-10-11-12-13/h2-9,12H2,1H3. The van der Waals surface area contributed by atoms with Gasteiger partial charge in [0.2, 0.25) is 0 Å². The monoisotopic (exact) mass is 244 g/mol. The van der Waals surface area contributed by atoms with Gasteiger partial charge >= 0.3 is 0 Å². The van der Waals surface area contributed by atoms with E-state index in [4.69, 9.17) is 0 Å². The Morgan fingerprint density at radius 3 is 2.08 bits per heavy atom. The van der Waals surface area contributed by atoms with Crippen LogP contribution in [0.2, 0.25) is 0 Å². The molecule has 0 aromatic carbocycles. The molecule has 0 aromatic rings. The lowest BCUT2D eigenvalue weighted by molar-refractivity contribution is 0.594. The Morgan fingerprint density at radius 2 is 1.46 bits per heavy atom. The van der Waals surface area contributed by atoms with E-state index in [1.54, 1.807) is 0 Å². The van der Waals surface area contributed by atoms with Crippen molar-refractivity contribution < 1.29 is 0 Å². The summed E-state index contributed by atoms with van der Waals surface area (Å²) < 4.78 is 0. The lowest BCUT2D eigenvalue weighted by atomic mass is 10.1. The molecule has 1 heteroatoms. The van der Waals surface area contributed by atoms with Crippen molar-refractivity contribution in [3.63, 3.8) is 0 Å². The van der Waals surface area contributed by atoms with Crippen molar-refractivity contribution in [3.05, 3.63) is 0 Å². The highest BCUT2D eigenvalue weighted by molar-refractivity contribution is 9.09. The molecule has 0 aliphatic rings. The molecule has 0 N–H and O–H groups in total. The molecule has 0 fully saturated rings. The van der Waals surface area contributed by atoms with Gasteiger partial charge in [0.05, 0.1) is 5.33 Å². The fraction of sp³-hybridized carbons (Fsp3) is 0.833. The summed E-state index contributed by atoms with van der Waals surface area (Å²) in [6.45, 7) is 2.26. The Bertz CT molecular complexity index is 141. The highest BCUT2D eigenvalue weighted by atomic mass is 79.9. The minimum Gasteiger partial charge on any atom is -0.102 e. The fourth-order valence-electron chi connectivity index (χ4n) is 1.31. The smallest absolute Gasteiger partial charge is 0.0645 e. The van der Waals surface area contributed by atoms with Crippen LogP contribution >= 0.6 is 15.9 Å². The van der Waals surface area contributed by atoms with Gasteiger partial charge in [0, 0.05) is 6.42 Å². The van der Waals surface area contributed by atoms with E-state index in [-0.39, 0.29) is 0 Å². The Labute approximate surface area is 91.6 Å². The molecule has 0 saturated carbocycles. The maximum atomic E-state index is 3.29. The van der Waals surface area contributed by atoms with Crippen LogP contribution in [0, 0.1) is 11.8 Å². The second kappa shape index (κ2) is 12.0. The Balaban J connectivity index is 2.91. The number of unbranched alkanes of at least 4 members (excludes halogenated alkanes) is 7. The van der Waals surface area contributed by atoms with Crippen LogP contribution in [0.25, 0.3) is 0 Å². The molecule has 0 aliphatic heterocycles. The second-order valence-corrected chi connectivity index (χ2v) is 3.92. The van der Waals surface area contributed by atoms with Gasteiger partial charge in [-0.1, -0.05) is 67.3 Å². The van der Waals surface area contributed by atoms with Crippen molar-refractivity contribution in [2.45, 2.75) is 58.3 Å². The molecule has 0 radical (unpaired) electrons. The summed E-state index contributed by atoms with van der Waals surface area (Å²) in [4.78, 5) is 0. The first-order valence-corrected chi connectivity index (χ1v) is 6.55. The largest absolute Gasteiger partial charge is 0.102 e. The van der Waals surface area contributed by atoms with Gasteiger partial charge in [-0.25, -0.2) is 0 Å². The summed E-state index contributed by atoms with van der Waals surface area (Å²) in [5, 5.41) is 0.823. The summed E-state index contributed by atoms with van der Waals surface area (Å²) in [6, 6.07) is 0. The third-order valence-corrected chi connectivity index (χ3v) is 2.38. The van der Waals surface area contributed by atoms with Crippen LogP contribution in [0.3, 0.4) is 0 Å². The zero-order valence-electron chi connectivity index (χ0n) is 8.74. The summed E-state index contributed by atoms with van der Waals surface area (Å²) in [5.74, 6) is 6.17. The Morgan fingerprint density at radius 1 is 0.846 bits per heavy atom. The van der Waals surface area contributed by atoms with Crippen molar-refractivity contribution in [1.82, 2.24) is 0 Å². The van der Waals surface area contributed by atoms with Crippen molar-refractivity contribution in [2.24, 2.45) is 0 Å². The van der Waals surface area contributed by atoms with Crippen LogP contribution in [-0.4, -0.2) is 5.33 Å². The predicted molar refractivity (Wildman–Crippen MR) is 64.2 cm³/mol. The quantitative estimate of drug-likeness (QED) is 0.351. The lowest BCUT2D eigenvalue weighted by Gasteiger charge is -1.97. The zero-order valence-corrected chi connectivity index (χ0v) is 10.3. The van der Waals surface area contributed by atoms with E-state index in [0.717, 1.165) is 11.8 Å². The van der Waals surface area contributed by atoms with Crippen molar-refractivity contribution in [1.29, 1.82) is 0 Å². The van der Waals surface area contributed by atoms with Crippen LogP contribution in [0.1, 0.15) is 58.3 Å². The van der Waals surface area contributed by atoms with Gasteiger partial charge in [-0.2, -0.15) is 0 Å². The maximum absolute atomic E-state index is 3.29. The number of alkyl halides is 1. The SMILES string of the molecule is CCCCCCCCCC#CCBr. The highest BCUT2D eigenvalue weighted by Crippen LogP contribution is 2.07. The third-order valence-electron chi connectivity index (χ3n) is 2.10. The normalized spacial score (nSPS) is 9.38. The van der Waals surface area contributed by atoms with E-state index in [1.807, 2.05) is 0 Å². The van der Waals surface area contributed by atoms with E-state index in [2.05, 4.69) is 34.7 Å². The summed E-state index contributed by atoms with van der Waals surface area (Å²) in [5.41, 5.74) is 0. The first-order chi connectivity index (χ1) is 6.41. The molecule has 0 bridgehead atoms.